The minimum absolute atomic E-state index is 0.0174. The van der Waals surface area contributed by atoms with Gasteiger partial charge in [0, 0.05) is 39.3 Å². The van der Waals surface area contributed by atoms with Crippen molar-refractivity contribution in [3.63, 3.8) is 0 Å². The maximum Gasteiger partial charge on any atom is 0.416 e. The third-order valence-electron chi connectivity index (χ3n) is 4.35. The number of benzene rings is 1. The first-order chi connectivity index (χ1) is 11.3. The molecular formula is C17H24F3N3O. The number of nitrogens with zero attached hydrogens (tertiary/aromatic N) is 2. The van der Waals surface area contributed by atoms with Gasteiger partial charge in [0.15, 0.2) is 0 Å². The van der Waals surface area contributed by atoms with E-state index in [1.807, 2.05) is 13.8 Å². The molecule has 1 atom stereocenters. The van der Waals surface area contributed by atoms with Gasteiger partial charge in [-0.2, -0.15) is 13.2 Å². The van der Waals surface area contributed by atoms with Crippen LogP contribution in [0.25, 0.3) is 0 Å². The Morgan fingerprint density at radius 2 is 1.92 bits per heavy atom. The predicted molar refractivity (Wildman–Crippen MR) is 86.4 cm³/mol. The summed E-state index contributed by atoms with van der Waals surface area (Å²) in [6.07, 6.45) is -4.31. The van der Waals surface area contributed by atoms with Crippen LogP contribution in [0.3, 0.4) is 0 Å². The van der Waals surface area contributed by atoms with Crippen molar-refractivity contribution >= 4 is 5.91 Å². The number of piperazine rings is 1. The molecule has 0 radical (unpaired) electrons. The zero-order valence-electron chi connectivity index (χ0n) is 14.1. The highest BCUT2D eigenvalue weighted by atomic mass is 19.4. The summed E-state index contributed by atoms with van der Waals surface area (Å²) < 4.78 is 38.3. The van der Waals surface area contributed by atoms with Crippen molar-refractivity contribution in [1.82, 2.24) is 15.1 Å². The van der Waals surface area contributed by atoms with E-state index in [1.54, 1.807) is 6.07 Å². The third-order valence-corrected chi connectivity index (χ3v) is 4.35. The second-order valence-electron chi connectivity index (χ2n) is 6.08. The van der Waals surface area contributed by atoms with Crippen LogP contribution < -0.4 is 5.32 Å². The standard InChI is InChI=1S/C17H24F3N3O/c1-3-21-16(24)13(2)23-9-7-22(8-10-23)12-14-5-4-6-15(11-14)17(18,19)20/h4-6,11,13H,3,7-10,12H2,1-2H3,(H,21,24)/t13-/m1/s1. The van der Waals surface area contributed by atoms with Gasteiger partial charge in [-0.1, -0.05) is 18.2 Å². The molecule has 2 rings (SSSR count). The molecule has 1 heterocycles. The largest absolute Gasteiger partial charge is 0.416 e. The summed E-state index contributed by atoms with van der Waals surface area (Å²) >= 11 is 0. The molecule has 0 unspecified atom stereocenters. The Bertz CT molecular complexity index is 554. The monoisotopic (exact) mass is 343 g/mol. The smallest absolute Gasteiger partial charge is 0.355 e. The Morgan fingerprint density at radius 1 is 1.25 bits per heavy atom. The highest BCUT2D eigenvalue weighted by Crippen LogP contribution is 2.29. The lowest BCUT2D eigenvalue weighted by atomic mass is 10.1. The number of halogens is 3. The van der Waals surface area contributed by atoms with Gasteiger partial charge >= 0.3 is 6.18 Å². The first-order valence-electron chi connectivity index (χ1n) is 8.21. The lowest BCUT2D eigenvalue weighted by molar-refractivity contribution is -0.137. The molecule has 7 heteroatoms. The highest BCUT2D eigenvalue weighted by molar-refractivity contribution is 5.81. The predicted octanol–water partition coefficient (Wildman–Crippen LogP) is 2.35. The van der Waals surface area contributed by atoms with Gasteiger partial charge in [-0.05, 0) is 25.5 Å². The van der Waals surface area contributed by atoms with Crippen LogP contribution in [0.4, 0.5) is 13.2 Å². The normalized spacial score (nSPS) is 18.4. The fourth-order valence-electron chi connectivity index (χ4n) is 2.90. The first-order valence-corrected chi connectivity index (χ1v) is 8.21. The summed E-state index contributed by atoms with van der Waals surface area (Å²) in [6, 6.07) is 5.30. The Hall–Kier alpha value is -1.60. The fourth-order valence-corrected chi connectivity index (χ4v) is 2.90. The number of carbonyl (C=O) groups excluding carboxylic acids is 1. The SMILES string of the molecule is CCNC(=O)[C@@H](C)N1CCN(Cc2cccc(C(F)(F)F)c2)CC1. The molecule has 0 aliphatic carbocycles. The molecule has 1 aromatic carbocycles. The number of hydrogen-bond donors (Lipinski definition) is 1. The number of hydrogen-bond acceptors (Lipinski definition) is 3. The maximum atomic E-state index is 12.8. The summed E-state index contributed by atoms with van der Waals surface area (Å²) in [6.45, 7) is 7.81. The average molecular weight is 343 g/mol. The first kappa shape index (κ1) is 18.7. The zero-order valence-corrected chi connectivity index (χ0v) is 14.1. The lowest BCUT2D eigenvalue weighted by Crippen LogP contribution is -2.53. The van der Waals surface area contributed by atoms with E-state index >= 15 is 0 Å². The van der Waals surface area contributed by atoms with Crippen LogP contribution in [0.15, 0.2) is 24.3 Å². The minimum atomic E-state index is -4.31. The Morgan fingerprint density at radius 3 is 2.50 bits per heavy atom. The second-order valence-corrected chi connectivity index (χ2v) is 6.08. The van der Waals surface area contributed by atoms with Crippen LogP contribution in [-0.2, 0) is 17.5 Å². The summed E-state index contributed by atoms with van der Waals surface area (Å²) in [5.74, 6) is 0.0174. The van der Waals surface area contributed by atoms with Gasteiger partial charge < -0.3 is 5.32 Å². The van der Waals surface area contributed by atoms with Crippen LogP contribution in [0, 0.1) is 0 Å². The van der Waals surface area contributed by atoms with Crippen LogP contribution >= 0.6 is 0 Å². The number of rotatable bonds is 5. The van der Waals surface area contributed by atoms with Crippen molar-refractivity contribution in [2.75, 3.05) is 32.7 Å². The molecule has 1 aromatic rings. The van der Waals surface area contributed by atoms with Crippen molar-refractivity contribution in [3.05, 3.63) is 35.4 Å². The molecule has 0 saturated carbocycles. The molecule has 24 heavy (non-hydrogen) atoms. The Kier molecular flexibility index (Phi) is 6.23. The van der Waals surface area contributed by atoms with Crippen LogP contribution in [0.1, 0.15) is 25.0 Å². The number of alkyl halides is 3. The summed E-state index contributed by atoms with van der Waals surface area (Å²) in [7, 11) is 0. The van der Waals surface area contributed by atoms with Crippen molar-refractivity contribution in [1.29, 1.82) is 0 Å². The summed E-state index contributed by atoms with van der Waals surface area (Å²) in [5, 5.41) is 2.81. The number of carbonyl (C=O) groups is 1. The van der Waals surface area contributed by atoms with Gasteiger partial charge in [0.05, 0.1) is 11.6 Å². The van der Waals surface area contributed by atoms with E-state index in [1.165, 1.54) is 12.1 Å². The van der Waals surface area contributed by atoms with Crippen LogP contribution in [-0.4, -0.2) is 54.5 Å². The topological polar surface area (TPSA) is 35.6 Å². The summed E-state index contributed by atoms with van der Waals surface area (Å²) in [4.78, 5) is 16.1. The maximum absolute atomic E-state index is 12.8. The highest BCUT2D eigenvalue weighted by Gasteiger charge is 2.30. The minimum Gasteiger partial charge on any atom is -0.355 e. The van der Waals surface area contributed by atoms with Gasteiger partial charge in [-0.25, -0.2) is 0 Å². The van der Waals surface area contributed by atoms with Crippen molar-refractivity contribution < 1.29 is 18.0 Å². The van der Waals surface area contributed by atoms with Gasteiger partial charge in [0.25, 0.3) is 0 Å². The zero-order chi connectivity index (χ0) is 17.7. The molecule has 0 aromatic heterocycles. The van der Waals surface area contributed by atoms with Crippen molar-refractivity contribution in [2.45, 2.75) is 32.6 Å². The quantitative estimate of drug-likeness (QED) is 0.891. The fraction of sp³-hybridized carbons (Fsp3) is 0.588. The number of likely N-dealkylation sites (N-methyl/N-ethyl adjacent to an activating group) is 1. The van der Waals surface area contributed by atoms with Crippen molar-refractivity contribution in [2.24, 2.45) is 0 Å². The Balaban J connectivity index is 1.88. The van der Waals surface area contributed by atoms with E-state index in [2.05, 4.69) is 15.1 Å². The molecule has 1 fully saturated rings. The van der Waals surface area contributed by atoms with Crippen molar-refractivity contribution in [3.8, 4) is 0 Å². The van der Waals surface area contributed by atoms with Gasteiger partial charge in [-0.15, -0.1) is 0 Å². The lowest BCUT2D eigenvalue weighted by Gasteiger charge is -2.37. The molecule has 134 valence electrons. The molecule has 1 amide bonds. The molecule has 1 N–H and O–H groups in total. The van der Waals surface area contributed by atoms with Crippen LogP contribution in [0.5, 0.6) is 0 Å². The van der Waals surface area contributed by atoms with E-state index in [9.17, 15) is 18.0 Å². The third kappa shape index (κ3) is 4.95. The van der Waals surface area contributed by atoms with E-state index < -0.39 is 11.7 Å². The van der Waals surface area contributed by atoms with Gasteiger partial charge in [0.1, 0.15) is 0 Å². The second kappa shape index (κ2) is 7.98. The molecule has 0 bridgehead atoms. The Labute approximate surface area is 140 Å². The molecule has 1 saturated heterocycles. The molecule has 1 aliphatic rings. The van der Waals surface area contributed by atoms with E-state index in [4.69, 9.17) is 0 Å². The molecule has 1 aliphatic heterocycles. The van der Waals surface area contributed by atoms with Crippen LogP contribution in [0.2, 0.25) is 0 Å². The van der Waals surface area contributed by atoms with E-state index in [0.717, 1.165) is 32.2 Å². The van der Waals surface area contributed by atoms with Gasteiger partial charge in [-0.3, -0.25) is 14.6 Å². The molecular weight excluding hydrogens is 319 g/mol. The summed E-state index contributed by atoms with van der Waals surface area (Å²) in [5.41, 5.74) is 0.0542. The molecule has 0 spiro atoms. The van der Waals surface area contributed by atoms with E-state index in [-0.39, 0.29) is 11.9 Å². The number of nitrogens with one attached hydrogen (secondary N) is 1. The van der Waals surface area contributed by atoms with E-state index in [0.29, 0.717) is 18.7 Å². The molecule has 4 nitrogen and oxygen atoms in total. The number of amides is 1. The van der Waals surface area contributed by atoms with Gasteiger partial charge in [0.2, 0.25) is 5.91 Å². The average Bonchev–Trinajstić information content (AvgIpc) is 2.54.